The van der Waals surface area contributed by atoms with Crippen LogP contribution in [0.25, 0.3) is 0 Å². The monoisotopic (exact) mass is 351 g/mol. The van der Waals surface area contributed by atoms with Crippen molar-refractivity contribution in [1.82, 2.24) is 4.98 Å². The van der Waals surface area contributed by atoms with Crippen LogP contribution < -0.4 is 0 Å². The van der Waals surface area contributed by atoms with Crippen molar-refractivity contribution in [3.05, 3.63) is 50.4 Å². The van der Waals surface area contributed by atoms with Crippen molar-refractivity contribution >= 4 is 28.9 Å². The highest BCUT2D eigenvalue weighted by atomic mass is 35.5. The molecule has 0 N–H and O–H groups in total. The zero-order valence-electron chi connectivity index (χ0n) is 13.6. The lowest BCUT2D eigenvalue weighted by molar-refractivity contribution is 0.0519. The van der Waals surface area contributed by atoms with Gasteiger partial charge in [0.15, 0.2) is 5.69 Å². The fourth-order valence-corrected chi connectivity index (χ4v) is 3.60. The minimum atomic E-state index is -0.312. The van der Waals surface area contributed by atoms with Crippen molar-refractivity contribution in [1.29, 1.82) is 0 Å². The SMILES string of the molecule is CCOC(=O)c1nc(CCCCCc2cccc(Cl)c2)sc1C. The van der Waals surface area contributed by atoms with E-state index < -0.39 is 0 Å². The Morgan fingerprint density at radius 2 is 2.04 bits per heavy atom. The van der Waals surface area contributed by atoms with Crippen LogP contribution in [0.15, 0.2) is 24.3 Å². The third-order valence-corrected chi connectivity index (χ3v) is 4.82. The molecule has 0 amide bonds. The summed E-state index contributed by atoms with van der Waals surface area (Å²) in [5, 5.41) is 1.82. The number of hydrogen-bond donors (Lipinski definition) is 0. The summed E-state index contributed by atoms with van der Waals surface area (Å²) in [7, 11) is 0. The molecule has 0 fully saturated rings. The molecule has 5 heteroatoms. The Morgan fingerprint density at radius 3 is 2.78 bits per heavy atom. The third kappa shape index (κ3) is 5.63. The zero-order valence-corrected chi connectivity index (χ0v) is 15.2. The van der Waals surface area contributed by atoms with Crippen molar-refractivity contribution in [2.75, 3.05) is 6.61 Å². The van der Waals surface area contributed by atoms with Crippen LogP contribution in [-0.4, -0.2) is 17.6 Å². The van der Waals surface area contributed by atoms with E-state index in [1.165, 1.54) is 5.56 Å². The first kappa shape index (κ1) is 18.0. The molecule has 0 saturated heterocycles. The van der Waals surface area contributed by atoms with Gasteiger partial charge in [-0.25, -0.2) is 9.78 Å². The Morgan fingerprint density at radius 1 is 1.26 bits per heavy atom. The van der Waals surface area contributed by atoms with Gasteiger partial charge in [-0.15, -0.1) is 11.3 Å². The van der Waals surface area contributed by atoms with E-state index in [-0.39, 0.29) is 5.97 Å². The third-order valence-electron chi connectivity index (χ3n) is 3.55. The van der Waals surface area contributed by atoms with E-state index in [1.54, 1.807) is 18.3 Å². The van der Waals surface area contributed by atoms with Crippen LogP contribution in [0, 0.1) is 6.92 Å². The molecule has 2 rings (SSSR count). The first-order chi connectivity index (χ1) is 11.1. The molecule has 0 radical (unpaired) electrons. The van der Waals surface area contributed by atoms with E-state index in [1.807, 2.05) is 25.1 Å². The highest BCUT2D eigenvalue weighted by Crippen LogP contribution is 2.21. The van der Waals surface area contributed by atoms with Crippen molar-refractivity contribution < 1.29 is 9.53 Å². The van der Waals surface area contributed by atoms with Crippen LogP contribution in [0.2, 0.25) is 5.02 Å². The number of carbonyl (C=O) groups is 1. The molecular formula is C18H22ClNO2S. The fourth-order valence-electron chi connectivity index (χ4n) is 2.42. The summed E-state index contributed by atoms with van der Waals surface area (Å²) in [6.45, 7) is 4.11. The molecular weight excluding hydrogens is 330 g/mol. The molecule has 1 heterocycles. The van der Waals surface area contributed by atoms with Crippen LogP contribution >= 0.6 is 22.9 Å². The van der Waals surface area contributed by atoms with Crippen LogP contribution in [0.1, 0.15) is 52.1 Å². The number of benzene rings is 1. The second-order valence-electron chi connectivity index (χ2n) is 5.42. The second-order valence-corrected chi connectivity index (χ2v) is 7.15. The van der Waals surface area contributed by atoms with Gasteiger partial charge < -0.3 is 4.74 Å². The first-order valence-electron chi connectivity index (χ1n) is 7.98. The van der Waals surface area contributed by atoms with Gasteiger partial charge in [0.1, 0.15) is 0 Å². The summed E-state index contributed by atoms with van der Waals surface area (Å²) in [6.07, 6.45) is 5.32. The van der Waals surface area contributed by atoms with E-state index in [0.717, 1.165) is 47.0 Å². The summed E-state index contributed by atoms with van der Waals surface area (Å²) in [5.74, 6) is -0.312. The maximum absolute atomic E-state index is 11.8. The largest absolute Gasteiger partial charge is 0.461 e. The van der Waals surface area contributed by atoms with Gasteiger partial charge in [-0.3, -0.25) is 0 Å². The minimum Gasteiger partial charge on any atom is -0.461 e. The average molecular weight is 352 g/mol. The lowest BCUT2D eigenvalue weighted by Crippen LogP contribution is -2.06. The van der Waals surface area contributed by atoms with Crippen LogP contribution in [0.4, 0.5) is 0 Å². The minimum absolute atomic E-state index is 0.312. The number of thiazole rings is 1. The number of halogens is 1. The molecule has 2 aromatic rings. The van der Waals surface area contributed by atoms with Crippen LogP contribution in [0.3, 0.4) is 0 Å². The standard InChI is InChI=1S/C18H22ClNO2S/c1-3-22-18(21)17-13(2)23-16(20-17)11-6-4-5-8-14-9-7-10-15(19)12-14/h7,9-10,12H,3-6,8,11H2,1-2H3. The van der Waals surface area contributed by atoms with Gasteiger partial charge in [0.2, 0.25) is 0 Å². The molecule has 0 bridgehead atoms. The van der Waals surface area contributed by atoms with Gasteiger partial charge in [0.25, 0.3) is 0 Å². The first-order valence-corrected chi connectivity index (χ1v) is 9.17. The molecule has 124 valence electrons. The quantitative estimate of drug-likeness (QED) is 0.482. The average Bonchev–Trinajstić information content (AvgIpc) is 2.88. The summed E-state index contributed by atoms with van der Waals surface area (Å²) < 4.78 is 5.02. The number of nitrogens with zero attached hydrogens (tertiary/aromatic N) is 1. The predicted octanol–water partition coefficient (Wildman–Crippen LogP) is 5.24. The van der Waals surface area contributed by atoms with Crippen molar-refractivity contribution in [2.24, 2.45) is 0 Å². The van der Waals surface area contributed by atoms with Gasteiger partial charge in [-0.05, 0) is 57.2 Å². The van der Waals surface area contributed by atoms with Crippen molar-refractivity contribution in [3.63, 3.8) is 0 Å². The number of unbranched alkanes of at least 4 members (excludes halogenated alkanes) is 2. The normalized spacial score (nSPS) is 10.7. The number of esters is 1. The van der Waals surface area contributed by atoms with Gasteiger partial charge in [0.05, 0.1) is 11.6 Å². The van der Waals surface area contributed by atoms with E-state index in [2.05, 4.69) is 11.1 Å². The Bertz CT molecular complexity index is 654. The summed E-state index contributed by atoms with van der Waals surface area (Å²) in [6, 6.07) is 8.03. The van der Waals surface area contributed by atoms with Gasteiger partial charge >= 0.3 is 5.97 Å². The van der Waals surface area contributed by atoms with E-state index in [4.69, 9.17) is 16.3 Å². The summed E-state index contributed by atoms with van der Waals surface area (Å²) >= 11 is 7.58. The van der Waals surface area contributed by atoms with Gasteiger partial charge in [-0.1, -0.05) is 30.2 Å². The lowest BCUT2D eigenvalue weighted by atomic mass is 10.1. The number of aryl methyl sites for hydroxylation is 3. The second kappa shape index (κ2) is 9.04. The Labute approximate surface area is 146 Å². The maximum Gasteiger partial charge on any atom is 0.358 e. The number of rotatable bonds is 8. The van der Waals surface area contributed by atoms with Crippen molar-refractivity contribution in [2.45, 2.75) is 46.0 Å². The highest BCUT2D eigenvalue weighted by Gasteiger charge is 2.15. The fraction of sp³-hybridized carbons (Fsp3) is 0.444. The topological polar surface area (TPSA) is 39.2 Å². The molecule has 0 saturated carbocycles. The predicted molar refractivity (Wildman–Crippen MR) is 95.5 cm³/mol. The molecule has 3 nitrogen and oxygen atoms in total. The molecule has 23 heavy (non-hydrogen) atoms. The van der Waals surface area contributed by atoms with E-state index in [9.17, 15) is 4.79 Å². The molecule has 0 aliphatic rings. The van der Waals surface area contributed by atoms with Crippen LogP contribution in [-0.2, 0) is 17.6 Å². The molecule has 0 atom stereocenters. The van der Waals surface area contributed by atoms with Gasteiger partial charge in [0, 0.05) is 9.90 Å². The van der Waals surface area contributed by atoms with E-state index in [0.29, 0.717) is 12.3 Å². The number of ether oxygens (including phenoxy) is 1. The molecule has 1 aromatic carbocycles. The molecule has 0 aliphatic carbocycles. The molecule has 0 unspecified atom stereocenters. The maximum atomic E-state index is 11.8. The van der Waals surface area contributed by atoms with Crippen molar-refractivity contribution in [3.8, 4) is 0 Å². The molecule has 1 aromatic heterocycles. The molecule has 0 spiro atoms. The Balaban J connectivity index is 1.74. The Kier molecular flexibility index (Phi) is 7.06. The highest BCUT2D eigenvalue weighted by molar-refractivity contribution is 7.11. The summed E-state index contributed by atoms with van der Waals surface area (Å²) in [4.78, 5) is 17.1. The summed E-state index contributed by atoms with van der Waals surface area (Å²) in [5.41, 5.74) is 1.76. The zero-order chi connectivity index (χ0) is 16.7. The van der Waals surface area contributed by atoms with Crippen LogP contribution in [0.5, 0.6) is 0 Å². The lowest BCUT2D eigenvalue weighted by Gasteiger charge is -2.02. The van der Waals surface area contributed by atoms with Gasteiger partial charge in [-0.2, -0.15) is 0 Å². The number of carbonyl (C=O) groups excluding carboxylic acids is 1. The number of hydrogen-bond acceptors (Lipinski definition) is 4. The molecule has 0 aliphatic heterocycles. The smallest absolute Gasteiger partial charge is 0.358 e. The number of aromatic nitrogens is 1. The van der Waals surface area contributed by atoms with E-state index >= 15 is 0 Å². The Hall–Kier alpha value is -1.39.